The van der Waals surface area contributed by atoms with E-state index in [0.29, 0.717) is 17.2 Å². The molecule has 3 heterocycles. The summed E-state index contributed by atoms with van der Waals surface area (Å²) in [7, 11) is 0. The van der Waals surface area contributed by atoms with Crippen molar-refractivity contribution in [1.29, 1.82) is 0 Å². The molecular formula is C12H18N4OS. The van der Waals surface area contributed by atoms with Gasteiger partial charge in [-0.15, -0.1) is 11.3 Å². The summed E-state index contributed by atoms with van der Waals surface area (Å²) in [6.07, 6.45) is 6.55. The van der Waals surface area contributed by atoms with Crippen molar-refractivity contribution in [2.75, 3.05) is 18.4 Å². The van der Waals surface area contributed by atoms with Crippen LogP contribution in [0.25, 0.3) is 0 Å². The molecule has 3 rings (SSSR count). The predicted molar refractivity (Wildman–Crippen MR) is 71.9 cm³/mol. The molecule has 0 aliphatic carbocycles. The second kappa shape index (κ2) is 5.24. The van der Waals surface area contributed by atoms with Gasteiger partial charge in [-0.2, -0.15) is 0 Å². The maximum Gasteiger partial charge on any atom is 0.321 e. The molecule has 2 aliphatic heterocycles. The number of carbonyl (C=O) groups excluding carboxylic acids is 1. The van der Waals surface area contributed by atoms with Crippen molar-refractivity contribution in [3.05, 3.63) is 11.6 Å². The van der Waals surface area contributed by atoms with Crippen LogP contribution in [0.1, 0.15) is 25.7 Å². The van der Waals surface area contributed by atoms with Gasteiger partial charge in [0.1, 0.15) is 0 Å². The number of nitrogens with one attached hydrogen (secondary N) is 2. The summed E-state index contributed by atoms with van der Waals surface area (Å²) >= 11 is 1.44. The van der Waals surface area contributed by atoms with Crippen LogP contribution in [0.2, 0.25) is 0 Å². The van der Waals surface area contributed by atoms with Crippen LogP contribution in [0.15, 0.2) is 11.6 Å². The number of urea groups is 1. The lowest BCUT2D eigenvalue weighted by atomic mass is 9.99. The monoisotopic (exact) mass is 266 g/mol. The fraction of sp³-hybridized carbons (Fsp3) is 0.667. The highest BCUT2D eigenvalue weighted by Crippen LogP contribution is 2.27. The van der Waals surface area contributed by atoms with E-state index in [2.05, 4.69) is 20.5 Å². The zero-order valence-corrected chi connectivity index (χ0v) is 11.1. The highest BCUT2D eigenvalue weighted by molar-refractivity contribution is 7.13. The van der Waals surface area contributed by atoms with Gasteiger partial charge in [0.25, 0.3) is 0 Å². The Bertz CT molecular complexity index is 408. The lowest BCUT2D eigenvalue weighted by Crippen LogP contribution is -2.47. The molecule has 18 heavy (non-hydrogen) atoms. The number of thiazole rings is 1. The number of amides is 2. The van der Waals surface area contributed by atoms with Gasteiger partial charge in [0.2, 0.25) is 0 Å². The Morgan fingerprint density at radius 3 is 3.17 bits per heavy atom. The summed E-state index contributed by atoms with van der Waals surface area (Å²) in [4.78, 5) is 18.4. The number of aromatic nitrogens is 1. The number of fused-ring (bicyclic) bond motifs is 1. The van der Waals surface area contributed by atoms with Crippen LogP contribution in [-0.2, 0) is 0 Å². The van der Waals surface area contributed by atoms with Gasteiger partial charge in [-0.05, 0) is 25.8 Å². The normalized spacial score (nSPS) is 27.8. The topological polar surface area (TPSA) is 57.3 Å². The van der Waals surface area contributed by atoms with Gasteiger partial charge in [-0.25, -0.2) is 9.78 Å². The largest absolute Gasteiger partial charge is 0.333 e. The number of piperidine rings is 1. The van der Waals surface area contributed by atoms with Gasteiger partial charge < -0.3 is 5.32 Å². The minimum absolute atomic E-state index is 0.123. The lowest BCUT2D eigenvalue weighted by molar-refractivity contribution is 0.180. The van der Waals surface area contributed by atoms with Crippen LogP contribution >= 0.6 is 11.3 Å². The highest BCUT2D eigenvalue weighted by atomic mass is 32.1. The van der Waals surface area contributed by atoms with Crippen molar-refractivity contribution in [2.45, 2.75) is 37.8 Å². The summed E-state index contributed by atoms with van der Waals surface area (Å²) in [5.74, 6) is 0. The van der Waals surface area contributed by atoms with Crippen LogP contribution in [0.4, 0.5) is 9.93 Å². The molecule has 2 N–H and O–H groups in total. The third-order valence-electron chi connectivity index (χ3n) is 3.83. The number of hydrogen-bond acceptors (Lipinski definition) is 4. The van der Waals surface area contributed by atoms with E-state index in [1.54, 1.807) is 6.20 Å². The van der Waals surface area contributed by atoms with E-state index in [9.17, 15) is 4.79 Å². The Balaban J connectivity index is 1.54. The van der Waals surface area contributed by atoms with Gasteiger partial charge in [0, 0.05) is 30.2 Å². The predicted octanol–water partition coefficient (Wildman–Crippen LogP) is 1.89. The van der Waals surface area contributed by atoms with Crippen LogP contribution < -0.4 is 10.6 Å². The first kappa shape index (κ1) is 11.9. The van der Waals surface area contributed by atoms with Crippen molar-refractivity contribution in [3.8, 4) is 0 Å². The summed E-state index contributed by atoms with van der Waals surface area (Å²) in [6.45, 7) is 2.31. The Morgan fingerprint density at radius 2 is 2.33 bits per heavy atom. The Morgan fingerprint density at radius 1 is 1.39 bits per heavy atom. The van der Waals surface area contributed by atoms with Gasteiger partial charge in [-0.1, -0.05) is 6.42 Å². The van der Waals surface area contributed by atoms with Gasteiger partial charge in [0.05, 0.1) is 0 Å². The Labute approximate surface area is 111 Å². The van der Waals surface area contributed by atoms with Crippen LogP contribution in [0, 0.1) is 0 Å². The molecule has 0 aromatic carbocycles. The second-order valence-corrected chi connectivity index (χ2v) is 5.82. The third kappa shape index (κ3) is 2.49. The van der Waals surface area contributed by atoms with Crippen molar-refractivity contribution in [1.82, 2.24) is 15.2 Å². The van der Waals surface area contributed by atoms with Crippen molar-refractivity contribution in [2.24, 2.45) is 0 Å². The van der Waals surface area contributed by atoms with Crippen LogP contribution in [-0.4, -0.2) is 41.1 Å². The molecule has 0 radical (unpaired) electrons. The van der Waals surface area contributed by atoms with E-state index < -0.39 is 0 Å². The molecule has 0 saturated carbocycles. The first-order valence-electron chi connectivity index (χ1n) is 6.54. The van der Waals surface area contributed by atoms with E-state index >= 15 is 0 Å². The van der Waals surface area contributed by atoms with Gasteiger partial charge >= 0.3 is 6.03 Å². The van der Waals surface area contributed by atoms with E-state index in [1.165, 1.54) is 37.1 Å². The molecule has 0 spiro atoms. The second-order valence-electron chi connectivity index (χ2n) is 4.93. The zero-order chi connectivity index (χ0) is 12.4. The van der Waals surface area contributed by atoms with Crippen molar-refractivity contribution in [3.63, 3.8) is 0 Å². The minimum atomic E-state index is -0.123. The molecule has 5 nitrogen and oxygen atoms in total. The molecule has 0 unspecified atom stereocenters. The quantitative estimate of drug-likeness (QED) is 0.859. The standard InChI is InChI=1S/C12H18N4OS/c17-11(15-12-13-5-8-18-12)14-9-4-7-16-6-2-1-3-10(9)16/h5,8-10H,1-4,6-7H2,(H2,13,14,15,17)/t9-,10+/m1/s1. The maximum absolute atomic E-state index is 11.9. The van der Waals surface area contributed by atoms with Gasteiger partial charge in [0.15, 0.2) is 5.13 Å². The average molecular weight is 266 g/mol. The van der Waals surface area contributed by atoms with Crippen LogP contribution in [0.3, 0.4) is 0 Å². The van der Waals surface area contributed by atoms with Gasteiger partial charge in [-0.3, -0.25) is 10.2 Å². The Hall–Kier alpha value is -1.14. The fourth-order valence-corrected chi connectivity index (χ4v) is 3.53. The number of anilines is 1. The highest BCUT2D eigenvalue weighted by Gasteiger charge is 2.36. The van der Waals surface area contributed by atoms with E-state index in [-0.39, 0.29) is 6.03 Å². The van der Waals surface area contributed by atoms with E-state index in [1.807, 2.05) is 5.38 Å². The molecule has 0 bridgehead atoms. The molecule has 2 atom stereocenters. The first-order chi connectivity index (χ1) is 8.83. The molecule has 1 aromatic rings. The molecule has 1 aromatic heterocycles. The third-order valence-corrected chi connectivity index (χ3v) is 4.51. The van der Waals surface area contributed by atoms with E-state index in [4.69, 9.17) is 0 Å². The summed E-state index contributed by atoms with van der Waals surface area (Å²) in [6, 6.07) is 0.716. The molecule has 2 fully saturated rings. The minimum Gasteiger partial charge on any atom is -0.333 e. The van der Waals surface area contributed by atoms with Crippen LogP contribution in [0.5, 0.6) is 0 Å². The smallest absolute Gasteiger partial charge is 0.321 e. The molecule has 2 saturated heterocycles. The van der Waals surface area contributed by atoms with Crippen molar-refractivity contribution >= 4 is 22.5 Å². The summed E-state index contributed by atoms with van der Waals surface area (Å²) in [5.41, 5.74) is 0. The number of carbonyl (C=O) groups is 1. The SMILES string of the molecule is O=C(Nc1nccs1)N[C@@H]1CCN2CCCC[C@@H]12. The first-order valence-corrected chi connectivity index (χ1v) is 7.42. The molecule has 2 amide bonds. The summed E-state index contributed by atoms with van der Waals surface area (Å²) in [5, 5.41) is 8.39. The van der Waals surface area contributed by atoms with Crippen molar-refractivity contribution < 1.29 is 4.79 Å². The number of hydrogen-bond donors (Lipinski definition) is 2. The fourth-order valence-electron chi connectivity index (χ4n) is 3.00. The number of rotatable bonds is 2. The maximum atomic E-state index is 11.9. The molecule has 2 aliphatic rings. The lowest BCUT2D eigenvalue weighted by Gasteiger charge is -2.32. The zero-order valence-electron chi connectivity index (χ0n) is 10.3. The number of nitrogens with zero attached hydrogens (tertiary/aromatic N) is 2. The average Bonchev–Trinajstić information content (AvgIpc) is 3.00. The molecule has 98 valence electrons. The molecule has 6 heteroatoms. The summed E-state index contributed by atoms with van der Waals surface area (Å²) < 4.78 is 0. The molecular weight excluding hydrogens is 248 g/mol. The van der Waals surface area contributed by atoms with E-state index in [0.717, 1.165) is 13.0 Å². The Kier molecular flexibility index (Phi) is 3.47.